The lowest BCUT2D eigenvalue weighted by atomic mass is 10.2. The lowest BCUT2D eigenvalue weighted by Gasteiger charge is -2.11. The van der Waals surface area contributed by atoms with Gasteiger partial charge < -0.3 is 25.8 Å². The first-order valence-electron chi connectivity index (χ1n) is 6.05. The quantitative estimate of drug-likeness (QED) is 0.619. The van der Waals surface area contributed by atoms with Crippen LogP contribution in [0, 0.1) is 0 Å². The first kappa shape index (κ1) is 15.8. The zero-order chi connectivity index (χ0) is 15.0. The maximum Gasteiger partial charge on any atom is 0.239 e. The summed E-state index contributed by atoms with van der Waals surface area (Å²) in [5.74, 6) is 0.638. The summed E-state index contributed by atoms with van der Waals surface area (Å²) in [7, 11) is 3.11. The van der Waals surface area contributed by atoms with Crippen molar-refractivity contribution >= 4 is 11.8 Å². The molecule has 0 aliphatic heterocycles. The van der Waals surface area contributed by atoms with Crippen LogP contribution in [0.3, 0.4) is 0 Å². The predicted octanol–water partition coefficient (Wildman–Crippen LogP) is -0.605. The van der Waals surface area contributed by atoms with E-state index in [9.17, 15) is 9.59 Å². The van der Waals surface area contributed by atoms with Gasteiger partial charge in [-0.2, -0.15) is 0 Å². The molecule has 0 aliphatic rings. The second kappa shape index (κ2) is 8.00. The van der Waals surface area contributed by atoms with E-state index in [4.69, 9.17) is 15.2 Å². The van der Waals surface area contributed by atoms with Gasteiger partial charge in [-0.15, -0.1) is 0 Å². The number of nitrogens with one attached hydrogen (secondary N) is 2. The molecule has 0 heterocycles. The molecule has 0 fully saturated rings. The van der Waals surface area contributed by atoms with Crippen molar-refractivity contribution in [3.05, 3.63) is 23.8 Å². The normalized spacial score (nSPS) is 9.75. The van der Waals surface area contributed by atoms with Crippen LogP contribution < -0.4 is 25.8 Å². The fraction of sp³-hybridized carbons (Fsp3) is 0.385. The average molecular weight is 281 g/mol. The molecule has 0 saturated heterocycles. The fourth-order valence-corrected chi connectivity index (χ4v) is 1.53. The molecule has 1 aromatic rings. The van der Waals surface area contributed by atoms with Gasteiger partial charge in [0.05, 0.1) is 27.3 Å². The van der Waals surface area contributed by atoms with E-state index < -0.39 is 0 Å². The summed E-state index contributed by atoms with van der Waals surface area (Å²) >= 11 is 0. The molecular formula is C13H19N3O4. The van der Waals surface area contributed by atoms with Crippen molar-refractivity contribution < 1.29 is 19.1 Å². The molecule has 0 unspecified atom stereocenters. The van der Waals surface area contributed by atoms with Gasteiger partial charge in [0.25, 0.3) is 0 Å². The molecule has 0 bridgehead atoms. The van der Waals surface area contributed by atoms with Crippen LogP contribution in [-0.2, 0) is 16.1 Å². The number of rotatable bonds is 7. The SMILES string of the molecule is COc1ccc(OC)c(CNC(=O)CNC(=O)CN)c1. The van der Waals surface area contributed by atoms with E-state index in [2.05, 4.69) is 10.6 Å². The van der Waals surface area contributed by atoms with Gasteiger partial charge in [-0.3, -0.25) is 9.59 Å². The average Bonchev–Trinajstić information content (AvgIpc) is 2.49. The molecule has 110 valence electrons. The Hall–Kier alpha value is -2.28. The van der Waals surface area contributed by atoms with Crippen LogP contribution in [-0.4, -0.2) is 39.1 Å². The number of hydrogen-bond donors (Lipinski definition) is 3. The molecule has 0 aliphatic carbocycles. The number of hydrogen-bond acceptors (Lipinski definition) is 5. The maximum atomic E-state index is 11.6. The summed E-state index contributed by atoms with van der Waals surface area (Å²) in [6.07, 6.45) is 0. The topological polar surface area (TPSA) is 103 Å². The second-order valence-corrected chi connectivity index (χ2v) is 3.94. The van der Waals surface area contributed by atoms with Gasteiger partial charge in [-0.05, 0) is 18.2 Å². The number of nitrogens with two attached hydrogens (primary N) is 1. The Balaban J connectivity index is 2.55. The van der Waals surface area contributed by atoms with E-state index in [1.807, 2.05) is 0 Å². The summed E-state index contributed by atoms with van der Waals surface area (Å²) < 4.78 is 10.3. The van der Waals surface area contributed by atoms with Crippen molar-refractivity contribution in [2.75, 3.05) is 27.3 Å². The van der Waals surface area contributed by atoms with Crippen LogP contribution in [0.1, 0.15) is 5.56 Å². The van der Waals surface area contributed by atoms with Gasteiger partial charge >= 0.3 is 0 Å². The van der Waals surface area contributed by atoms with Crippen LogP contribution in [0.4, 0.5) is 0 Å². The third-order valence-corrected chi connectivity index (χ3v) is 2.60. The molecule has 0 spiro atoms. The molecule has 4 N–H and O–H groups in total. The van der Waals surface area contributed by atoms with Gasteiger partial charge in [0.2, 0.25) is 11.8 Å². The summed E-state index contributed by atoms with van der Waals surface area (Å²) in [4.78, 5) is 22.5. The lowest BCUT2D eigenvalue weighted by Crippen LogP contribution is -2.39. The fourth-order valence-electron chi connectivity index (χ4n) is 1.53. The van der Waals surface area contributed by atoms with Crippen LogP contribution in [0.15, 0.2) is 18.2 Å². The summed E-state index contributed by atoms with van der Waals surface area (Å²) in [5, 5.41) is 5.06. The molecule has 1 aromatic carbocycles. The van der Waals surface area contributed by atoms with E-state index in [-0.39, 0.29) is 31.4 Å². The molecular weight excluding hydrogens is 262 g/mol. The molecule has 7 nitrogen and oxygen atoms in total. The third kappa shape index (κ3) is 4.77. The van der Waals surface area contributed by atoms with Gasteiger partial charge in [0, 0.05) is 12.1 Å². The molecule has 1 rings (SSSR count). The van der Waals surface area contributed by atoms with Gasteiger partial charge in [-0.25, -0.2) is 0 Å². The zero-order valence-corrected chi connectivity index (χ0v) is 11.6. The lowest BCUT2D eigenvalue weighted by molar-refractivity contribution is -0.125. The minimum Gasteiger partial charge on any atom is -0.497 e. The summed E-state index contributed by atoms with van der Waals surface area (Å²) in [5.41, 5.74) is 5.90. The molecule has 0 radical (unpaired) electrons. The van der Waals surface area contributed by atoms with Crippen molar-refractivity contribution in [1.29, 1.82) is 0 Å². The van der Waals surface area contributed by atoms with Gasteiger partial charge in [0.15, 0.2) is 0 Å². The van der Waals surface area contributed by atoms with E-state index in [1.54, 1.807) is 32.4 Å². The van der Waals surface area contributed by atoms with Crippen molar-refractivity contribution in [3.63, 3.8) is 0 Å². The van der Waals surface area contributed by atoms with Crippen LogP contribution in [0.25, 0.3) is 0 Å². The zero-order valence-electron chi connectivity index (χ0n) is 11.6. The number of benzene rings is 1. The van der Waals surface area contributed by atoms with Gasteiger partial charge in [0.1, 0.15) is 11.5 Å². The number of carbonyl (C=O) groups excluding carboxylic acids is 2. The van der Waals surface area contributed by atoms with Crippen LogP contribution >= 0.6 is 0 Å². The summed E-state index contributed by atoms with van der Waals surface area (Å²) in [6, 6.07) is 5.31. The van der Waals surface area contributed by atoms with E-state index in [1.165, 1.54) is 0 Å². The Morgan fingerprint density at radius 1 is 1.15 bits per heavy atom. The third-order valence-electron chi connectivity index (χ3n) is 2.60. The smallest absolute Gasteiger partial charge is 0.239 e. The molecule has 0 aromatic heterocycles. The minimum atomic E-state index is -0.376. The van der Waals surface area contributed by atoms with Crippen molar-refractivity contribution in [1.82, 2.24) is 10.6 Å². The standard InChI is InChI=1S/C13H19N3O4/c1-19-10-3-4-11(20-2)9(5-10)7-15-13(18)8-16-12(17)6-14/h3-5H,6-8,14H2,1-2H3,(H,15,18)(H,16,17). The molecule has 20 heavy (non-hydrogen) atoms. The molecule has 0 atom stereocenters. The highest BCUT2D eigenvalue weighted by Crippen LogP contribution is 2.23. The van der Waals surface area contributed by atoms with Crippen LogP contribution in [0.2, 0.25) is 0 Å². The monoisotopic (exact) mass is 281 g/mol. The Labute approximate surface area is 117 Å². The van der Waals surface area contributed by atoms with Crippen molar-refractivity contribution in [2.24, 2.45) is 5.73 Å². The number of amides is 2. The Morgan fingerprint density at radius 3 is 2.50 bits per heavy atom. The van der Waals surface area contributed by atoms with Crippen molar-refractivity contribution in [3.8, 4) is 11.5 Å². The summed E-state index contributed by atoms with van der Waals surface area (Å²) in [6.45, 7) is 0.0248. The first-order valence-corrected chi connectivity index (χ1v) is 6.05. The van der Waals surface area contributed by atoms with E-state index in [0.29, 0.717) is 11.5 Å². The maximum absolute atomic E-state index is 11.6. The highest BCUT2D eigenvalue weighted by molar-refractivity contribution is 5.85. The molecule has 7 heteroatoms. The number of methoxy groups -OCH3 is 2. The Bertz CT molecular complexity index is 477. The largest absolute Gasteiger partial charge is 0.497 e. The van der Waals surface area contributed by atoms with E-state index in [0.717, 1.165) is 5.56 Å². The Kier molecular flexibility index (Phi) is 6.31. The molecule has 2 amide bonds. The predicted molar refractivity (Wildman–Crippen MR) is 73.5 cm³/mol. The first-order chi connectivity index (χ1) is 9.60. The number of ether oxygens (including phenoxy) is 2. The number of carbonyl (C=O) groups is 2. The van der Waals surface area contributed by atoms with Crippen molar-refractivity contribution in [2.45, 2.75) is 6.54 Å². The van der Waals surface area contributed by atoms with Crippen LogP contribution in [0.5, 0.6) is 11.5 Å². The minimum absolute atomic E-state index is 0.109. The van der Waals surface area contributed by atoms with Gasteiger partial charge in [-0.1, -0.05) is 0 Å². The van der Waals surface area contributed by atoms with E-state index >= 15 is 0 Å². The Morgan fingerprint density at radius 2 is 1.90 bits per heavy atom. The molecule has 0 saturated carbocycles. The second-order valence-electron chi connectivity index (χ2n) is 3.94. The highest BCUT2D eigenvalue weighted by atomic mass is 16.5. The highest BCUT2D eigenvalue weighted by Gasteiger charge is 2.08.